The summed E-state index contributed by atoms with van der Waals surface area (Å²) in [6.45, 7) is 1.18. The van der Waals surface area contributed by atoms with Gasteiger partial charge >= 0.3 is 0 Å². The van der Waals surface area contributed by atoms with Gasteiger partial charge < -0.3 is 0 Å². The van der Waals surface area contributed by atoms with Crippen LogP contribution in [0.3, 0.4) is 0 Å². The van der Waals surface area contributed by atoms with Crippen LogP contribution in [0.1, 0.15) is 37.3 Å². The highest BCUT2D eigenvalue weighted by atomic mass is 15.3. The fraction of sp³-hybridized carbons (Fsp3) is 0.700. The van der Waals surface area contributed by atoms with Crippen LogP contribution in [0.15, 0.2) is 12.3 Å². The van der Waals surface area contributed by atoms with E-state index in [-0.39, 0.29) is 0 Å². The van der Waals surface area contributed by atoms with Crippen molar-refractivity contribution in [3.05, 3.63) is 18.0 Å². The van der Waals surface area contributed by atoms with Crippen LogP contribution in [0, 0.1) is 5.92 Å². The summed E-state index contributed by atoms with van der Waals surface area (Å²) in [5, 5.41) is 4.37. The third-order valence-corrected chi connectivity index (χ3v) is 2.87. The van der Waals surface area contributed by atoms with Crippen LogP contribution in [0.5, 0.6) is 0 Å². The van der Waals surface area contributed by atoms with Gasteiger partial charge in [-0.15, -0.1) is 0 Å². The molecule has 0 aromatic carbocycles. The summed E-state index contributed by atoms with van der Waals surface area (Å²) in [6, 6.07) is 2.19. The zero-order valence-electron chi connectivity index (χ0n) is 7.24. The van der Waals surface area contributed by atoms with Crippen molar-refractivity contribution in [2.75, 3.05) is 0 Å². The van der Waals surface area contributed by atoms with Crippen LogP contribution >= 0.6 is 0 Å². The van der Waals surface area contributed by atoms with E-state index in [0.29, 0.717) is 0 Å². The Morgan fingerprint density at radius 2 is 2.17 bits per heavy atom. The largest absolute Gasteiger partial charge is 0.269 e. The summed E-state index contributed by atoms with van der Waals surface area (Å²) in [4.78, 5) is 0. The minimum atomic E-state index is 0.853. The predicted octanol–water partition coefficient (Wildman–Crippen LogP) is 2.17. The molecule has 3 rings (SSSR count). The lowest BCUT2D eigenvalue weighted by Gasteiger charge is -2.04. The van der Waals surface area contributed by atoms with Gasteiger partial charge in [0.1, 0.15) is 0 Å². The van der Waals surface area contributed by atoms with E-state index in [0.717, 1.165) is 11.8 Å². The molecule has 64 valence electrons. The van der Waals surface area contributed by atoms with Gasteiger partial charge in [0.05, 0.1) is 0 Å². The van der Waals surface area contributed by atoms with Gasteiger partial charge in [-0.05, 0) is 37.7 Å². The zero-order chi connectivity index (χ0) is 7.97. The summed E-state index contributed by atoms with van der Waals surface area (Å²) in [5.41, 5.74) is 1.49. The SMILES string of the molecule is c1cc(C2CC2)n(CC2CC2)n1. The molecule has 0 unspecified atom stereocenters. The molecule has 0 N–H and O–H groups in total. The Bertz CT molecular complexity index is 282. The summed E-state index contributed by atoms with van der Waals surface area (Å²) in [7, 11) is 0. The Morgan fingerprint density at radius 1 is 1.33 bits per heavy atom. The fourth-order valence-electron chi connectivity index (χ4n) is 1.77. The number of rotatable bonds is 3. The Morgan fingerprint density at radius 3 is 2.83 bits per heavy atom. The zero-order valence-corrected chi connectivity index (χ0v) is 7.24. The van der Waals surface area contributed by atoms with Crippen molar-refractivity contribution in [2.45, 2.75) is 38.1 Å². The lowest BCUT2D eigenvalue weighted by atomic mass is 10.3. The van der Waals surface area contributed by atoms with E-state index in [1.165, 1.54) is 37.9 Å². The van der Waals surface area contributed by atoms with E-state index >= 15 is 0 Å². The molecule has 12 heavy (non-hydrogen) atoms. The Labute approximate surface area is 72.6 Å². The second-order valence-electron chi connectivity index (χ2n) is 4.16. The molecular weight excluding hydrogens is 148 g/mol. The van der Waals surface area contributed by atoms with Gasteiger partial charge in [0, 0.05) is 24.4 Å². The minimum Gasteiger partial charge on any atom is -0.269 e. The Hall–Kier alpha value is -0.790. The molecular formula is C10H14N2. The second-order valence-corrected chi connectivity index (χ2v) is 4.16. The van der Waals surface area contributed by atoms with Crippen LogP contribution in [0.25, 0.3) is 0 Å². The minimum absolute atomic E-state index is 0.853. The second kappa shape index (κ2) is 2.35. The van der Waals surface area contributed by atoms with Crippen molar-refractivity contribution in [2.24, 2.45) is 5.92 Å². The number of hydrogen-bond donors (Lipinski definition) is 0. The van der Waals surface area contributed by atoms with Crippen molar-refractivity contribution < 1.29 is 0 Å². The highest BCUT2D eigenvalue weighted by Gasteiger charge is 2.29. The first-order valence-corrected chi connectivity index (χ1v) is 4.95. The topological polar surface area (TPSA) is 17.8 Å². The van der Waals surface area contributed by atoms with Crippen molar-refractivity contribution in [3.63, 3.8) is 0 Å². The van der Waals surface area contributed by atoms with Gasteiger partial charge in [0.15, 0.2) is 0 Å². The molecule has 2 nitrogen and oxygen atoms in total. The maximum atomic E-state index is 4.37. The molecule has 2 heteroatoms. The molecule has 1 aromatic rings. The van der Waals surface area contributed by atoms with E-state index in [1.807, 2.05) is 6.20 Å². The van der Waals surface area contributed by atoms with Gasteiger partial charge in [-0.25, -0.2) is 0 Å². The average Bonchev–Trinajstić information content (AvgIpc) is 2.93. The molecule has 1 aromatic heterocycles. The summed E-state index contributed by atoms with van der Waals surface area (Å²) in [6.07, 6.45) is 7.57. The molecule has 0 saturated heterocycles. The first-order chi connectivity index (χ1) is 5.93. The first-order valence-electron chi connectivity index (χ1n) is 4.95. The third-order valence-electron chi connectivity index (χ3n) is 2.87. The highest BCUT2D eigenvalue weighted by Crippen LogP contribution is 2.40. The van der Waals surface area contributed by atoms with Gasteiger partial charge in [0.2, 0.25) is 0 Å². The highest BCUT2D eigenvalue weighted by molar-refractivity contribution is 5.13. The standard InChI is InChI=1S/C10H14N2/c1-2-8(1)7-12-10(5-6-11-12)9-3-4-9/h5-6,8-9H,1-4,7H2. The van der Waals surface area contributed by atoms with Crippen LogP contribution in [0.2, 0.25) is 0 Å². The average molecular weight is 162 g/mol. The molecule has 2 aliphatic carbocycles. The molecule has 2 fully saturated rings. The lowest BCUT2D eigenvalue weighted by Crippen LogP contribution is -2.05. The van der Waals surface area contributed by atoms with E-state index in [9.17, 15) is 0 Å². The molecule has 0 spiro atoms. The Balaban J connectivity index is 1.81. The number of aromatic nitrogens is 2. The predicted molar refractivity (Wildman–Crippen MR) is 46.9 cm³/mol. The van der Waals surface area contributed by atoms with Crippen molar-refractivity contribution in [1.29, 1.82) is 0 Å². The number of nitrogens with zero attached hydrogens (tertiary/aromatic N) is 2. The van der Waals surface area contributed by atoms with E-state index in [1.54, 1.807) is 0 Å². The van der Waals surface area contributed by atoms with Crippen LogP contribution in [0.4, 0.5) is 0 Å². The molecule has 0 bridgehead atoms. The molecule has 0 radical (unpaired) electrons. The van der Waals surface area contributed by atoms with Gasteiger partial charge in [-0.1, -0.05) is 0 Å². The van der Waals surface area contributed by atoms with Gasteiger partial charge in [-0.2, -0.15) is 5.10 Å². The molecule has 2 saturated carbocycles. The van der Waals surface area contributed by atoms with E-state index < -0.39 is 0 Å². The summed E-state index contributed by atoms with van der Waals surface area (Å²) < 4.78 is 2.23. The van der Waals surface area contributed by atoms with Gasteiger partial charge in [0.25, 0.3) is 0 Å². The fourth-order valence-corrected chi connectivity index (χ4v) is 1.77. The lowest BCUT2D eigenvalue weighted by molar-refractivity contribution is 0.540. The van der Waals surface area contributed by atoms with E-state index in [2.05, 4.69) is 15.8 Å². The monoisotopic (exact) mass is 162 g/mol. The van der Waals surface area contributed by atoms with Crippen LogP contribution < -0.4 is 0 Å². The van der Waals surface area contributed by atoms with Crippen molar-refractivity contribution in [1.82, 2.24) is 9.78 Å². The third kappa shape index (κ3) is 1.15. The van der Waals surface area contributed by atoms with Crippen molar-refractivity contribution in [3.8, 4) is 0 Å². The maximum Gasteiger partial charge on any atom is 0.0492 e. The molecule has 2 aliphatic rings. The van der Waals surface area contributed by atoms with Crippen LogP contribution in [-0.2, 0) is 6.54 Å². The molecule has 1 heterocycles. The van der Waals surface area contributed by atoms with Crippen LogP contribution in [-0.4, -0.2) is 9.78 Å². The van der Waals surface area contributed by atoms with Gasteiger partial charge in [-0.3, -0.25) is 4.68 Å². The summed E-state index contributed by atoms with van der Waals surface area (Å²) >= 11 is 0. The smallest absolute Gasteiger partial charge is 0.0492 e. The Kier molecular flexibility index (Phi) is 1.31. The van der Waals surface area contributed by atoms with Crippen molar-refractivity contribution >= 4 is 0 Å². The summed E-state index contributed by atoms with van der Waals surface area (Å²) in [5.74, 6) is 1.80. The maximum absolute atomic E-state index is 4.37. The molecule has 0 amide bonds. The first kappa shape index (κ1) is 6.70. The number of hydrogen-bond acceptors (Lipinski definition) is 1. The van der Waals surface area contributed by atoms with E-state index in [4.69, 9.17) is 0 Å². The molecule has 0 atom stereocenters. The molecule has 0 aliphatic heterocycles. The normalized spacial score (nSPS) is 23.0. The quantitative estimate of drug-likeness (QED) is 0.666.